The van der Waals surface area contributed by atoms with Crippen molar-refractivity contribution < 1.29 is 14.3 Å². The van der Waals surface area contributed by atoms with Crippen LogP contribution in [0.1, 0.15) is 0 Å². The van der Waals surface area contributed by atoms with Crippen LogP contribution in [-0.4, -0.2) is 93.1 Å². The quantitative estimate of drug-likeness (QED) is 0.577. The topological polar surface area (TPSA) is 79.1 Å². The molecule has 0 bridgehead atoms. The predicted octanol–water partition coefficient (Wildman–Crippen LogP) is -1.81. The summed E-state index contributed by atoms with van der Waals surface area (Å²) < 4.78 is 5.12. The molecule has 0 atom stereocenters. The molecule has 1 fully saturated rings. The molecule has 7 nitrogen and oxygen atoms in total. The van der Waals surface area contributed by atoms with E-state index in [2.05, 4.69) is 0 Å². The first kappa shape index (κ1) is 15.9. The van der Waals surface area contributed by atoms with E-state index in [1.54, 1.807) is 9.80 Å². The molecule has 7 heteroatoms. The number of carbonyl (C=O) groups excluding carboxylic acids is 2. The van der Waals surface area contributed by atoms with Gasteiger partial charge in [0.1, 0.15) is 6.61 Å². The summed E-state index contributed by atoms with van der Waals surface area (Å²) in [6.45, 7) is 3.63. The number of nitrogens with zero attached hydrogens (tertiary/aromatic N) is 3. The highest BCUT2D eigenvalue weighted by Crippen LogP contribution is 2.03. The Bertz CT molecular complexity index is 301. The molecule has 1 heterocycles. The lowest BCUT2D eigenvalue weighted by Crippen LogP contribution is -2.52. The number of amides is 2. The van der Waals surface area contributed by atoms with Gasteiger partial charge in [0.15, 0.2) is 0 Å². The number of piperazine rings is 1. The van der Waals surface area contributed by atoms with E-state index in [0.29, 0.717) is 45.9 Å². The standard InChI is InChI=1S/C12H24N4O3/c1-14(2)9-11(17)15-4-6-16(7-5-15)12(18)10-19-8-3-13/h3-10,13H2,1-2H3. The number of nitrogens with two attached hydrogens (primary N) is 1. The van der Waals surface area contributed by atoms with Crippen molar-refractivity contribution in [2.24, 2.45) is 5.73 Å². The van der Waals surface area contributed by atoms with Crippen LogP contribution in [0.2, 0.25) is 0 Å². The number of carbonyl (C=O) groups is 2. The zero-order valence-electron chi connectivity index (χ0n) is 11.8. The lowest BCUT2D eigenvalue weighted by molar-refractivity contribution is -0.142. The largest absolute Gasteiger partial charge is 0.370 e. The first-order chi connectivity index (χ1) is 9.04. The molecular formula is C12H24N4O3. The first-order valence-electron chi connectivity index (χ1n) is 6.52. The minimum absolute atomic E-state index is 0.0341. The monoisotopic (exact) mass is 272 g/mol. The molecule has 1 rings (SSSR count). The maximum atomic E-state index is 11.8. The summed E-state index contributed by atoms with van der Waals surface area (Å²) >= 11 is 0. The molecule has 0 aromatic heterocycles. The van der Waals surface area contributed by atoms with Gasteiger partial charge in [0.05, 0.1) is 13.2 Å². The smallest absolute Gasteiger partial charge is 0.248 e. The Labute approximate surface area is 114 Å². The van der Waals surface area contributed by atoms with Gasteiger partial charge in [-0.1, -0.05) is 0 Å². The highest BCUT2D eigenvalue weighted by Gasteiger charge is 2.23. The van der Waals surface area contributed by atoms with Gasteiger partial charge in [-0.05, 0) is 14.1 Å². The molecule has 0 aromatic rings. The Morgan fingerprint density at radius 1 is 1.11 bits per heavy atom. The van der Waals surface area contributed by atoms with Crippen LogP contribution in [-0.2, 0) is 14.3 Å². The maximum absolute atomic E-state index is 11.8. The Balaban J connectivity index is 2.28. The van der Waals surface area contributed by atoms with Crippen LogP contribution < -0.4 is 5.73 Å². The van der Waals surface area contributed by atoms with Crippen molar-refractivity contribution in [3.63, 3.8) is 0 Å². The number of ether oxygens (including phenoxy) is 1. The van der Waals surface area contributed by atoms with Gasteiger partial charge < -0.3 is 25.2 Å². The molecule has 1 aliphatic heterocycles. The van der Waals surface area contributed by atoms with Gasteiger partial charge >= 0.3 is 0 Å². The van der Waals surface area contributed by atoms with Gasteiger partial charge in [-0.15, -0.1) is 0 Å². The summed E-state index contributed by atoms with van der Waals surface area (Å²) in [6, 6.07) is 0. The number of rotatable bonds is 6. The van der Waals surface area contributed by atoms with Gasteiger partial charge in [0.2, 0.25) is 11.8 Å². The van der Waals surface area contributed by atoms with Crippen LogP contribution in [0.15, 0.2) is 0 Å². The zero-order chi connectivity index (χ0) is 14.3. The Morgan fingerprint density at radius 2 is 1.63 bits per heavy atom. The molecule has 19 heavy (non-hydrogen) atoms. The molecule has 1 aliphatic rings. The average molecular weight is 272 g/mol. The van der Waals surface area contributed by atoms with Crippen molar-refractivity contribution in [3.05, 3.63) is 0 Å². The maximum Gasteiger partial charge on any atom is 0.248 e. The van der Waals surface area contributed by atoms with Crippen LogP contribution in [0.4, 0.5) is 0 Å². The van der Waals surface area contributed by atoms with Gasteiger partial charge in [-0.25, -0.2) is 0 Å². The Hall–Kier alpha value is -1.18. The van der Waals surface area contributed by atoms with Crippen molar-refractivity contribution in [2.45, 2.75) is 0 Å². The number of hydrogen-bond acceptors (Lipinski definition) is 5. The molecule has 2 N–H and O–H groups in total. The van der Waals surface area contributed by atoms with Crippen LogP contribution in [0, 0.1) is 0 Å². The third-order valence-electron chi connectivity index (χ3n) is 2.92. The van der Waals surface area contributed by atoms with Gasteiger partial charge in [0, 0.05) is 32.7 Å². The highest BCUT2D eigenvalue weighted by molar-refractivity contribution is 5.80. The minimum Gasteiger partial charge on any atom is -0.370 e. The molecule has 0 unspecified atom stereocenters. The molecule has 0 saturated carbocycles. The molecule has 0 radical (unpaired) electrons. The van der Waals surface area contributed by atoms with Crippen molar-refractivity contribution in [1.29, 1.82) is 0 Å². The summed E-state index contributed by atoms with van der Waals surface area (Å²) in [5.41, 5.74) is 5.29. The van der Waals surface area contributed by atoms with E-state index in [1.165, 1.54) is 0 Å². The first-order valence-corrected chi connectivity index (χ1v) is 6.52. The van der Waals surface area contributed by atoms with Crippen LogP contribution >= 0.6 is 0 Å². The van der Waals surface area contributed by atoms with Crippen molar-refractivity contribution in [1.82, 2.24) is 14.7 Å². The fraction of sp³-hybridized carbons (Fsp3) is 0.833. The minimum atomic E-state index is -0.0341. The number of likely N-dealkylation sites (N-methyl/N-ethyl adjacent to an activating group) is 1. The van der Waals surface area contributed by atoms with Gasteiger partial charge in [-0.3, -0.25) is 9.59 Å². The Morgan fingerprint density at radius 3 is 2.11 bits per heavy atom. The summed E-state index contributed by atoms with van der Waals surface area (Å²) in [5.74, 6) is 0.0737. The molecule has 1 saturated heterocycles. The summed E-state index contributed by atoms with van der Waals surface area (Å²) in [5, 5.41) is 0. The predicted molar refractivity (Wildman–Crippen MR) is 71.6 cm³/mol. The highest BCUT2D eigenvalue weighted by atomic mass is 16.5. The zero-order valence-corrected chi connectivity index (χ0v) is 11.8. The summed E-state index contributed by atoms with van der Waals surface area (Å²) in [6.07, 6.45) is 0. The second kappa shape index (κ2) is 8.08. The van der Waals surface area contributed by atoms with Gasteiger partial charge in [-0.2, -0.15) is 0 Å². The summed E-state index contributed by atoms with van der Waals surface area (Å²) in [4.78, 5) is 29.0. The van der Waals surface area contributed by atoms with E-state index in [0.717, 1.165) is 0 Å². The lowest BCUT2D eigenvalue weighted by atomic mass is 10.3. The Kier molecular flexibility index (Phi) is 6.75. The van der Waals surface area contributed by atoms with Crippen molar-refractivity contribution in [2.75, 3.05) is 66.6 Å². The molecule has 0 spiro atoms. The molecule has 110 valence electrons. The normalized spacial score (nSPS) is 16.0. The fourth-order valence-corrected chi connectivity index (χ4v) is 1.91. The van der Waals surface area contributed by atoms with Crippen molar-refractivity contribution >= 4 is 11.8 Å². The van der Waals surface area contributed by atoms with Gasteiger partial charge in [0.25, 0.3) is 0 Å². The number of hydrogen-bond donors (Lipinski definition) is 1. The molecule has 0 aromatic carbocycles. The third kappa shape index (κ3) is 5.54. The molecule has 0 aliphatic carbocycles. The average Bonchev–Trinajstić information content (AvgIpc) is 2.38. The molecule has 2 amide bonds. The van der Waals surface area contributed by atoms with E-state index in [-0.39, 0.29) is 18.4 Å². The van der Waals surface area contributed by atoms with Crippen LogP contribution in [0.3, 0.4) is 0 Å². The van der Waals surface area contributed by atoms with E-state index in [1.807, 2.05) is 19.0 Å². The third-order valence-corrected chi connectivity index (χ3v) is 2.92. The van der Waals surface area contributed by atoms with Crippen LogP contribution in [0.5, 0.6) is 0 Å². The lowest BCUT2D eigenvalue weighted by Gasteiger charge is -2.35. The second-order valence-corrected chi connectivity index (χ2v) is 4.84. The fourth-order valence-electron chi connectivity index (χ4n) is 1.91. The van der Waals surface area contributed by atoms with E-state index in [4.69, 9.17) is 10.5 Å². The van der Waals surface area contributed by atoms with Crippen LogP contribution in [0.25, 0.3) is 0 Å². The van der Waals surface area contributed by atoms with E-state index in [9.17, 15) is 9.59 Å². The SMILES string of the molecule is CN(C)CC(=O)N1CCN(C(=O)COCCN)CC1. The second-order valence-electron chi connectivity index (χ2n) is 4.84. The summed E-state index contributed by atoms with van der Waals surface area (Å²) in [7, 11) is 3.74. The van der Waals surface area contributed by atoms with Crippen molar-refractivity contribution in [3.8, 4) is 0 Å². The molecular weight excluding hydrogens is 248 g/mol. The van der Waals surface area contributed by atoms with E-state index >= 15 is 0 Å². The van der Waals surface area contributed by atoms with E-state index < -0.39 is 0 Å².